The summed E-state index contributed by atoms with van der Waals surface area (Å²) in [5.74, 6) is -0.0711. The van der Waals surface area contributed by atoms with Crippen molar-refractivity contribution < 1.29 is 29.3 Å². The highest BCUT2D eigenvalue weighted by molar-refractivity contribution is 6.31. The average molecular weight is 565 g/mol. The maximum absolute atomic E-state index is 13.6. The molecule has 0 saturated carbocycles. The van der Waals surface area contributed by atoms with Gasteiger partial charge in [-0.2, -0.15) is 0 Å². The van der Waals surface area contributed by atoms with Crippen LogP contribution < -0.4 is 9.47 Å². The molecule has 0 aromatic heterocycles. The lowest BCUT2D eigenvalue weighted by atomic mass is 9.80. The average Bonchev–Trinajstić information content (AvgIpc) is 3.01. The summed E-state index contributed by atoms with van der Waals surface area (Å²) in [7, 11) is 0. The van der Waals surface area contributed by atoms with E-state index in [0.29, 0.717) is 35.5 Å². The van der Waals surface area contributed by atoms with E-state index in [1.165, 1.54) is 0 Å². The van der Waals surface area contributed by atoms with E-state index in [1.807, 2.05) is 48.5 Å². The number of aromatic hydroxyl groups is 2. The lowest BCUT2D eigenvalue weighted by Crippen LogP contribution is -2.21. The predicted octanol–water partition coefficient (Wildman–Crippen LogP) is 8.35. The van der Waals surface area contributed by atoms with Crippen LogP contribution >= 0.6 is 0 Å². The minimum atomic E-state index is -0.507. The van der Waals surface area contributed by atoms with E-state index in [-0.39, 0.29) is 33.8 Å². The predicted molar refractivity (Wildman–Crippen MR) is 164 cm³/mol. The number of hydrogen-bond acceptors (Lipinski definition) is 6. The first kappa shape index (κ1) is 28.9. The van der Waals surface area contributed by atoms with Crippen molar-refractivity contribution in [3.63, 3.8) is 0 Å². The molecule has 5 rings (SSSR count). The van der Waals surface area contributed by atoms with Crippen LogP contribution in [0.5, 0.6) is 23.0 Å². The molecule has 2 N–H and O–H groups in total. The molecule has 0 radical (unpaired) electrons. The lowest BCUT2D eigenvalue weighted by molar-refractivity contribution is 0.0974. The number of rotatable bonds is 12. The smallest absolute Gasteiger partial charge is 0.198 e. The zero-order chi connectivity index (χ0) is 29.6. The molecule has 0 saturated heterocycles. The number of carbonyl (C=O) groups is 2. The molecule has 1 aliphatic rings. The van der Waals surface area contributed by atoms with Gasteiger partial charge in [0.15, 0.2) is 11.6 Å². The zero-order valence-electron chi connectivity index (χ0n) is 24.1. The summed E-state index contributed by atoms with van der Waals surface area (Å²) in [5, 5.41) is 22.4. The Morgan fingerprint density at radius 2 is 0.857 bits per heavy atom. The Kier molecular flexibility index (Phi) is 8.91. The SMILES string of the molecule is CCCCCOc1ccc(-c2ccc3c(c2O)C(=O)c2ccc(-c4ccc(OCCCCC)cc4)c(O)c2C3=O)cc1. The number of benzene rings is 4. The molecule has 216 valence electrons. The molecule has 0 aliphatic heterocycles. The number of ketones is 2. The molecule has 6 nitrogen and oxygen atoms in total. The quantitative estimate of drug-likeness (QED) is 0.148. The standard InChI is InChI=1S/C36H36O6/c1-3-5-7-21-41-25-13-9-23(10-14-25)27-17-19-29-31(33(27)37)35(39)30-20-18-28(34(38)32(30)36(29)40)24-11-15-26(16-12-24)42-22-8-6-4-2/h9-20,37-38H,3-8,21-22H2,1-2H3. The van der Waals surface area contributed by atoms with Gasteiger partial charge in [0.2, 0.25) is 0 Å². The molecular formula is C36H36O6. The molecule has 0 heterocycles. The fraction of sp³-hybridized carbons (Fsp3) is 0.278. The molecule has 0 bridgehead atoms. The molecule has 0 atom stereocenters. The van der Waals surface area contributed by atoms with Crippen molar-refractivity contribution in [2.24, 2.45) is 0 Å². The van der Waals surface area contributed by atoms with Crippen molar-refractivity contribution in [3.8, 4) is 45.3 Å². The van der Waals surface area contributed by atoms with Crippen molar-refractivity contribution in [3.05, 3.63) is 95.1 Å². The summed E-state index contributed by atoms with van der Waals surface area (Å²) >= 11 is 0. The second-order valence-corrected chi connectivity index (χ2v) is 10.6. The Hall–Kier alpha value is -4.58. The van der Waals surface area contributed by atoms with Crippen molar-refractivity contribution >= 4 is 11.6 Å². The van der Waals surface area contributed by atoms with Crippen LogP contribution in [0.15, 0.2) is 72.8 Å². The van der Waals surface area contributed by atoms with Gasteiger partial charge in [0.05, 0.1) is 24.3 Å². The summed E-state index contributed by atoms with van der Waals surface area (Å²) in [6.45, 7) is 5.56. The molecular weight excluding hydrogens is 528 g/mol. The number of hydrogen-bond donors (Lipinski definition) is 2. The summed E-state index contributed by atoms with van der Waals surface area (Å²) in [6, 6.07) is 20.9. The maximum Gasteiger partial charge on any atom is 0.198 e. The van der Waals surface area contributed by atoms with Crippen LogP contribution in [0.3, 0.4) is 0 Å². The monoisotopic (exact) mass is 564 g/mol. The van der Waals surface area contributed by atoms with Crippen molar-refractivity contribution in [1.29, 1.82) is 0 Å². The Labute approximate surface area is 246 Å². The van der Waals surface area contributed by atoms with Crippen LogP contribution in [0.25, 0.3) is 22.3 Å². The number of ether oxygens (including phenoxy) is 2. The van der Waals surface area contributed by atoms with Crippen molar-refractivity contribution in [2.75, 3.05) is 13.2 Å². The van der Waals surface area contributed by atoms with Gasteiger partial charge < -0.3 is 19.7 Å². The summed E-state index contributed by atoms with van der Waals surface area (Å²) in [6.07, 6.45) is 6.43. The van der Waals surface area contributed by atoms with E-state index < -0.39 is 11.6 Å². The number of fused-ring (bicyclic) bond motifs is 2. The molecule has 0 fully saturated rings. The Morgan fingerprint density at radius 3 is 1.21 bits per heavy atom. The third kappa shape index (κ3) is 5.75. The van der Waals surface area contributed by atoms with E-state index in [4.69, 9.17) is 9.47 Å². The first-order chi connectivity index (χ1) is 20.4. The van der Waals surface area contributed by atoms with E-state index >= 15 is 0 Å². The number of phenols is 2. The molecule has 4 aromatic rings. The highest BCUT2D eigenvalue weighted by Crippen LogP contribution is 2.44. The first-order valence-electron chi connectivity index (χ1n) is 14.7. The zero-order valence-corrected chi connectivity index (χ0v) is 24.1. The second kappa shape index (κ2) is 12.9. The minimum Gasteiger partial charge on any atom is -0.507 e. The normalized spacial score (nSPS) is 12.1. The molecule has 4 aromatic carbocycles. The van der Waals surface area contributed by atoms with Crippen LogP contribution in [-0.4, -0.2) is 35.0 Å². The van der Waals surface area contributed by atoms with E-state index in [1.54, 1.807) is 24.3 Å². The van der Waals surface area contributed by atoms with Gasteiger partial charge in [0.1, 0.15) is 23.0 Å². The maximum atomic E-state index is 13.6. The van der Waals surface area contributed by atoms with Gasteiger partial charge >= 0.3 is 0 Å². The fourth-order valence-corrected chi connectivity index (χ4v) is 5.30. The Balaban J connectivity index is 1.40. The van der Waals surface area contributed by atoms with Gasteiger partial charge in [-0.05, 0) is 72.5 Å². The Bertz CT molecular complexity index is 1460. The highest BCUT2D eigenvalue weighted by Gasteiger charge is 2.36. The van der Waals surface area contributed by atoms with Gasteiger partial charge in [0, 0.05) is 22.3 Å². The number of carbonyl (C=O) groups excluding carboxylic acids is 2. The first-order valence-corrected chi connectivity index (χ1v) is 14.7. The van der Waals surface area contributed by atoms with Crippen LogP contribution in [0, 0.1) is 0 Å². The van der Waals surface area contributed by atoms with Crippen LogP contribution in [0.4, 0.5) is 0 Å². The van der Waals surface area contributed by atoms with Gasteiger partial charge in [-0.15, -0.1) is 0 Å². The van der Waals surface area contributed by atoms with Gasteiger partial charge in [-0.25, -0.2) is 0 Å². The third-order valence-electron chi connectivity index (χ3n) is 7.66. The largest absolute Gasteiger partial charge is 0.507 e. The molecule has 0 amide bonds. The van der Waals surface area contributed by atoms with Gasteiger partial charge in [-0.1, -0.05) is 63.8 Å². The second-order valence-electron chi connectivity index (χ2n) is 10.6. The molecule has 0 spiro atoms. The van der Waals surface area contributed by atoms with Crippen molar-refractivity contribution in [2.45, 2.75) is 52.4 Å². The van der Waals surface area contributed by atoms with Crippen LogP contribution in [0.2, 0.25) is 0 Å². The molecule has 6 heteroatoms. The lowest BCUT2D eigenvalue weighted by Gasteiger charge is -2.22. The van der Waals surface area contributed by atoms with E-state index in [0.717, 1.165) is 50.0 Å². The molecule has 42 heavy (non-hydrogen) atoms. The fourth-order valence-electron chi connectivity index (χ4n) is 5.30. The van der Waals surface area contributed by atoms with Crippen LogP contribution in [0.1, 0.15) is 84.2 Å². The third-order valence-corrected chi connectivity index (χ3v) is 7.66. The van der Waals surface area contributed by atoms with E-state index in [9.17, 15) is 19.8 Å². The topological polar surface area (TPSA) is 93.1 Å². The van der Waals surface area contributed by atoms with Gasteiger partial charge in [0.25, 0.3) is 0 Å². The van der Waals surface area contributed by atoms with Gasteiger partial charge in [-0.3, -0.25) is 9.59 Å². The van der Waals surface area contributed by atoms with Crippen molar-refractivity contribution in [1.82, 2.24) is 0 Å². The summed E-state index contributed by atoms with van der Waals surface area (Å²) in [5.41, 5.74) is 2.28. The van der Waals surface area contributed by atoms with E-state index in [2.05, 4.69) is 13.8 Å². The minimum absolute atomic E-state index is 0.0541. The van der Waals surface area contributed by atoms with Crippen LogP contribution in [-0.2, 0) is 0 Å². The number of phenolic OH excluding ortho intramolecular Hbond substituents is 2. The highest BCUT2D eigenvalue weighted by atomic mass is 16.5. The summed E-state index contributed by atoms with van der Waals surface area (Å²) in [4.78, 5) is 27.2. The Morgan fingerprint density at radius 1 is 0.500 bits per heavy atom. The molecule has 0 unspecified atom stereocenters. The summed E-state index contributed by atoms with van der Waals surface area (Å²) < 4.78 is 11.6. The molecule has 1 aliphatic carbocycles. The number of unbranched alkanes of at least 4 members (excludes halogenated alkanes) is 4.